The van der Waals surface area contributed by atoms with E-state index in [0.29, 0.717) is 5.56 Å². The second kappa shape index (κ2) is 7.39. The van der Waals surface area contributed by atoms with Crippen LogP contribution in [0.3, 0.4) is 0 Å². The molecule has 0 aliphatic rings. The molecule has 0 bridgehead atoms. The second-order valence-corrected chi connectivity index (χ2v) is 6.03. The fourth-order valence-corrected chi connectivity index (χ4v) is 2.04. The van der Waals surface area contributed by atoms with Gasteiger partial charge < -0.3 is 9.84 Å². The molecule has 20 heavy (non-hydrogen) atoms. The Hall–Kier alpha value is -1.42. The maximum Gasteiger partial charge on any atom is 0.339 e. The summed E-state index contributed by atoms with van der Waals surface area (Å²) in [7, 11) is 0. The number of aliphatic hydroxyl groups is 1. The van der Waals surface area contributed by atoms with Gasteiger partial charge in [0.2, 0.25) is 0 Å². The van der Waals surface area contributed by atoms with Crippen LogP contribution in [0, 0.1) is 6.92 Å². The SMILES string of the molecule is Cc1cncc(CCCCCO)c1C(=O)OC(C)(C)C. The van der Waals surface area contributed by atoms with E-state index >= 15 is 0 Å². The summed E-state index contributed by atoms with van der Waals surface area (Å²) in [6.07, 6.45) is 6.88. The van der Waals surface area contributed by atoms with Crippen LogP contribution in [0.5, 0.6) is 0 Å². The number of ether oxygens (including phenoxy) is 1. The molecule has 0 aliphatic carbocycles. The largest absolute Gasteiger partial charge is 0.456 e. The highest BCUT2D eigenvalue weighted by molar-refractivity contribution is 5.92. The summed E-state index contributed by atoms with van der Waals surface area (Å²) in [6, 6.07) is 0. The number of pyridine rings is 1. The van der Waals surface area contributed by atoms with Gasteiger partial charge in [0.05, 0.1) is 5.56 Å². The van der Waals surface area contributed by atoms with E-state index < -0.39 is 5.60 Å². The Morgan fingerprint density at radius 3 is 2.55 bits per heavy atom. The molecule has 0 unspecified atom stereocenters. The molecule has 1 N–H and O–H groups in total. The molecule has 0 aromatic carbocycles. The molecule has 0 fully saturated rings. The Balaban J connectivity index is 2.85. The first-order chi connectivity index (χ1) is 9.35. The van der Waals surface area contributed by atoms with Crippen molar-refractivity contribution in [3.8, 4) is 0 Å². The predicted octanol–water partition coefficient (Wildman–Crippen LogP) is 3.05. The maximum absolute atomic E-state index is 12.3. The first-order valence-electron chi connectivity index (χ1n) is 7.13. The molecule has 0 aliphatic heterocycles. The Bertz CT molecular complexity index is 450. The van der Waals surface area contributed by atoms with Crippen molar-refractivity contribution in [2.24, 2.45) is 0 Å². The molecule has 0 amide bonds. The molecule has 0 saturated carbocycles. The fourth-order valence-electron chi connectivity index (χ4n) is 2.04. The normalized spacial score (nSPS) is 11.4. The van der Waals surface area contributed by atoms with Gasteiger partial charge in [-0.3, -0.25) is 4.98 Å². The number of nitrogens with zero attached hydrogens (tertiary/aromatic N) is 1. The lowest BCUT2D eigenvalue weighted by molar-refractivity contribution is 0.00673. The smallest absolute Gasteiger partial charge is 0.339 e. The van der Waals surface area contributed by atoms with Crippen LogP contribution in [-0.2, 0) is 11.2 Å². The van der Waals surface area contributed by atoms with Crippen LogP contribution in [0.15, 0.2) is 12.4 Å². The first kappa shape index (κ1) is 16.6. The molecule has 0 saturated heterocycles. The molecule has 1 aromatic rings. The number of carbonyl (C=O) groups excluding carboxylic acids is 1. The average molecular weight is 279 g/mol. The summed E-state index contributed by atoms with van der Waals surface area (Å²) in [5, 5.41) is 8.79. The minimum absolute atomic E-state index is 0.213. The number of aliphatic hydroxyl groups excluding tert-OH is 1. The van der Waals surface area contributed by atoms with Crippen LogP contribution in [0.25, 0.3) is 0 Å². The van der Waals surface area contributed by atoms with Crippen LogP contribution in [0.4, 0.5) is 0 Å². The van der Waals surface area contributed by atoms with Crippen LogP contribution < -0.4 is 0 Å². The van der Waals surface area contributed by atoms with Gasteiger partial charge in [-0.15, -0.1) is 0 Å². The number of unbranched alkanes of at least 4 members (excludes halogenated alkanes) is 2. The van der Waals surface area contributed by atoms with E-state index in [-0.39, 0.29) is 12.6 Å². The zero-order chi connectivity index (χ0) is 15.2. The van der Waals surface area contributed by atoms with Crippen LogP contribution >= 0.6 is 0 Å². The third-order valence-corrected chi connectivity index (χ3v) is 2.92. The van der Waals surface area contributed by atoms with Gasteiger partial charge in [0.25, 0.3) is 0 Å². The van der Waals surface area contributed by atoms with Gasteiger partial charge in [0, 0.05) is 19.0 Å². The lowest BCUT2D eigenvalue weighted by Gasteiger charge is -2.21. The van der Waals surface area contributed by atoms with Crippen molar-refractivity contribution in [2.75, 3.05) is 6.61 Å². The zero-order valence-corrected chi connectivity index (χ0v) is 12.9. The summed E-state index contributed by atoms with van der Waals surface area (Å²) in [6.45, 7) is 7.68. The van der Waals surface area contributed by atoms with Crippen LogP contribution in [-0.4, -0.2) is 28.3 Å². The highest BCUT2D eigenvalue weighted by Crippen LogP contribution is 2.20. The van der Waals surface area contributed by atoms with E-state index in [9.17, 15) is 4.79 Å². The fraction of sp³-hybridized carbons (Fsp3) is 0.625. The van der Waals surface area contributed by atoms with Gasteiger partial charge in [0.15, 0.2) is 0 Å². The van der Waals surface area contributed by atoms with Crippen molar-refractivity contribution >= 4 is 5.97 Å². The van der Waals surface area contributed by atoms with Crippen molar-refractivity contribution < 1.29 is 14.6 Å². The summed E-state index contributed by atoms with van der Waals surface area (Å²) in [5.74, 6) is -0.283. The quantitative estimate of drug-likeness (QED) is 0.642. The minimum atomic E-state index is -0.499. The summed E-state index contributed by atoms with van der Waals surface area (Å²) >= 11 is 0. The zero-order valence-electron chi connectivity index (χ0n) is 12.9. The molecule has 0 radical (unpaired) electrons. The molecule has 1 aromatic heterocycles. The van der Waals surface area contributed by atoms with Crippen LogP contribution in [0.2, 0.25) is 0 Å². The standard InChI is InChI=1S/C16H25NO3/c1-12-10-17-11-13(8-6-5-7-9-18)14(12)15(19)20-16(2,3)4/h10-11,18H,5-9H2,1-4H3. The molecule has 0 atom stereocenters. The Labute approximate surface area is 121 Å². The van der Waals surface area contributed by atoms with Gasteiger partial charge in [-0.1, -0.05) is 6.42 Å². The highest BCUT2D eigenvalue weighted by atomic mass is 16.6. The van der Waals surface area contributed by atoms with Gasteiger partial charge in [-0.05, 0) is 58.1 Å². The minimum Gasteiger partial charge on any atom is -0.456 e. The number of esters is 1. The number of hydrogen-bond acceptors (Lipinski definition) is 4. The van der Waals surface area contributed by atoms with Crippen molar-refractivity contribution in [3.63, 3.8) is 0 Å². The Kier molecular flexibility index (Phi) is 6.14. The average Bonchev–Trinajstić information content (AvgIpc) is 2.32. The van der Waals surface area contributed by atoms with Crippen molar-refractivity contribution in [3.05, 3.63) is 29.1 Å². The van der Waals surface area contributed by atoms with Crippen LogP contribution in [0.1, 0.15) is 61.5 Å². The molecular formula is C16H25NO3. The van der Waals surface area contributed by atoms with Crippen molar-refractivity contribution in [2.45, 2.75) is 59.0 Å². The van der Waals surface area contributed by atoms with E-state index in [0.717, 1.165) is 36.8 Å². The topological polar surface area (TPSA) is 59.4 Å². The molecular weight excluding hydrogens is 254 g/mol. The van der Waals surface area contributed by atoms with Gasteiger partial charge in [-0.2, -0.15) is 0 Å². The number of rotatable bonds is 6. The van der Waals surface area contributed by atoms with E-state index in [1.54, 1.807) is 12.4 Å². The molecule has 4 heteroatoms. The molecule has 0 spiro atoms. The van der Waals surface area contributed by atoms with Crippen molar-refractivity contribution in [1.29, 1.82) is 0 Å². The molecule has 112 valence electrons. The molecule has 4 nitrogen and oxygen atoms in total. The predicted molar refractivity (Wildman–Crippen MR) is 78.8 cm³/mol. The molecule has 1 heterocycles. The highest BCUT2D eigenvalue weighted by Gasteiger charge is 2.22. The van der Waals surface area contributed by atoms with Gasteiger partial charge >= 0.3 is 5.97 Å². The Morgan fingerprint density at radius 1 is 1.25 bits per heavy atom. The van der Waals surface area contributed by atoms with E-state index in [2.05, 4.69) is 4.98 Å². The molecule has 1 rings (SSSR count). The number of aromatic nitrogens is 1. The van der Waals surface area contributed by atoms with E-state index in [1.807, 2.05) is 27.7 Å². The van der Waals surface area contributed by atoms with E-state index in [1.165, 1.54) is 0 Å². The van der Waals surface area contributed by atoms with Crippen molar-refractivity contribution in [1.82, 2.24) is 4.98 Å². The summed E-state index contributed by atoms with van der Waals surface area (Å²) in [4.78, 5) is 16.5. The monoisotopic (exact) mass is 279 g/mol. The first-order valence-corrected chi connectivity index (χ1v) is 7.13. The third-order valence-electron chi connectivity index (χ3n) is 2.92. The maximum atomic E-state index is 12.3. The number of hydrogen-bond donors (Lipinski definition) is 1. The van der Waals surface area contributed by atoms with Gasteiger partial charge in [0.1, 0.15) is 5.60 Å². The lowest BCUT2D eigenvalue weighted by atomic mass is 10.00. The van der Waals surface area contributed by atoms with Gasteiger partial charge in [-0.25, -0.2) is 4.79 Å². The summed E-state index contributed by atoms with van der Waals surface area (Å²) in [5.41, 5.74) is 1.91. The van der Waals surface area contributed by atoms with E-state index in [4.69, 9.17) is 9.84 Å². The second-order valence-electron chi connectivity index (χ2n) is 6.03. The Morgan fingerprint density at radius 2 is 1.95 bits per heavy atom. The third kappa shape index (κ3) is 5.29. The number of aryl methyl sites for hydroxylation is 2. The summed E-state index contributed by atoms with van der Waals surface area (Å²) < 4.78 is 5.47. The lowest BCUT2D eigenvalue weighted by Crippen LogP contribution is -2.25. The number of carbonyl (C=O) groups is 1.